The van der Waals surface area contributed by atoms with Crippen LogP contribution in [0.3, 0.4) is 0 Å². The molecule has 1 aromatic rings. The Bertz CT molecular complexity index is 398. The van der Waals surface area contributed by atoms with E-state index in [1.165, 1.54) is 5.56 Å². The van der Waals surface area contributed by atoms with Crippen LogP contribution in [0, 0.1) is 0 Å². The van der Waals surface area contributed by atoms with Crippen LogP contribution in [0.2, 0.25) is 0 Å². The summed E-state index contributed by atoms with van der Waals surface area (Å²) in [6, 6.07) is 6.07. The predicted octanol–water partition coefficient (Wildman–Crippen LogP) is 2.36. The molecule has 1 amide bonds. The number of halogens is 1. The Kier molecular flexibility index (Phi) is 2.14. The molecule has 0 saturated heterocycles. The van der Waals surface area contributed by atoms with Gasteiger partial charge in [0.15, 0.2) is 0 Å². The van der Waals surface area contributed by atoms with Crippen LogP contribution in [0.4, 0.5) is 0 Å². The number of hydrogen-bond acceptors (Lipinski definition) is 1. The van der Waals surface area contributed by atoms with E-state index in [2.05, 4.69) is 27.3 Å². The van der Waals surface area contributed by atoms with Crippen molar-refractivity contribution in [1.82, 2.24) is 5.32 Å². The van der Waals surface area contributed by atoms with Crippen LogP contribution in [0.1, 0.15) is 25.0 Å². The monoisotopic (exact) mass is 253 g/mol. The third-order valence-electron chi connectivity index (χ3n) is 2.55. The molecule has 0 unspecified atom stereocenters. The Labute approximate surface area is 91.8 Å². The van der Waals surface area contributed by atoms with Crippen LogP contribution in [-0.4, -0.2) is 5.91 Å². The van der Waals surface area contributed by atoms with Gasteiger partial charge in [-0.3, -0.25) is 4.79 Å². The average molecular weight is 254 g/mol. The fraction of sp³-hybridized carbons (Fsp3) is 0.364. The summed E-state index contributed by atoms with van der Waals surface area (Å²) in [6.45, 7) is 4.05. The molecule has 74 valence electrons. The van der Waals surface area contributed by atoms with Gasteiger partial charge < -0.3 is 5.32 Å². The fourth-order valence-electron chi connectivity index (χ4n) is 1.92. The van der Waals surface area contributed by atoms with Crippen molar-refractivity contribution in [3.8, 4) is 0 Å². The Morgan fingerprint density at radius 2 is 2.14 bits per heavy atom. The van der Waals surface area contributed by atoms with Gasteiger partial charge in [-0.05, 0) is 37.1 Å². The van der Waals surface area contributed by atoms with Gasteiger partial charge in [0.25, 0.3) is 0 Å². The Hall–Kier alpha value is -0.830. The number of nitrogens with one attached hydrogen (secondary N) is 1. The normalized spacial score (nSPS) is 18.6. The van der Waals surface area contributed by atoms with Gasteiger partial charge in [-0.2, -0.15) is 0 Å². The van der Waals surface area contributed by atoms with Gasteiger partial charge >= 0.3 is 0 Å². The molecule has 3 heteroatoms. The molecule has 0 saturated carbocycles. The van der Waals surface area contributed by atoms with Gasteiger partial charge in [0.05, 0.1) is 12.0 Å². The van der Waals surface area contributed by atoms with Crippen LogP contribution in [0.15, 0.2) is 22.7 Å². The molecule has 0 bridgehead atoms. The minimum Gasteiger partial charge on any atom is -0.347 e. The zero-order chi connectivity index (χ0) is 10.3. The van der Waals surface area contributed by atoms with Crippen molar-refractivity contribution in [2.75, 3.05) is 0 Å². The Balaban J connectivity index is 2.58. The average Bonchev–Trinajstić information content (AvgIpc) is 2.05. The third kappa shape index (κ3) is 1.57. The lowest BCUT2D eigenvalue weighted by Gasteiger charge is -2.33. The van der Waals surface area contributed by atoms with Gasteiger partial charge in [-0.25, -0.2) is 0 Å². The fourth-order valence-corrected chi connectivity index (χ4v) is 2.28. The number of amides is 1. The first-order valence-electron chi connectivity index (χ1n) is 4.59. The molecular formula is C11H12BrNO. The van der Waals surface area contributed by atoms with E-state index in [1.807, 2.05) is 26.0 Å². The second kappa shape index (κ2) is 3.09. The van der Waals surface area contributed by atoms with Gasteiger partial charge in [-0.1, -0.05) is 22.0 Å². The van der Waals surface area contributed by atoms with Crippen LogP contribution in [0.5, 0.6) is 0 Å². The molecule has 0 spiro atoms. The van der Waals surface area contributed by atoms with Crippen LogP contribution in [0.25, 0.3) is 0 Å². The van der Waals surface area contributed by atoms with E-state index in [0.29, 0.717) is 6.42 Å². The highest BCUT2D eigenvalue weighted by molar-refractivity contribution is 9.10. The zero-order valence-corrected chi connectivity index (χ0v) is 9.81. The number of carbonyl (C=O) groups is 1. The van der Waals surface area contributed by atoms with Crippen molar-refractivity contribution in [2.24, 2.45) is 0 Å². The second-order valence-electron chi connectivity index (χ2n) is 4.15. The van der Waals surface area contributed by atoms with Crippen LogP contribution >= 0.6 is 15.9 Å². The second-order valence-corrected chi connectivity index (χ2v) is 5.07. The molecule has 1 aliphatic heterocycles. The minimum atomic E-state index is -0.256. The molecule has 2 nitrogen and oxygen atoms in total. The highest BCUT2D eigenvalue weighted by Gasteiger charge is 2.30. The standard InChI is InChI=1S/C11H12BrNO/c1-11(2)9-6-8(12)4-3-7(9)5-10(14)13-11/h3-4,6H,5H2,1-2H3,(H,13,14). The summed E-state index contributed by atoms with van der Waals surface area (Å²) < 4.78 is 1.06. The maximum absolute atomic E-state index is 11.4. The van der Waals surface area contributed by atoms with Crippen molar-refractivity contribution in [3.63, 3.8) is 0 Å². The van der Waals surface area contributed by atoms with Crippen molar-refractivity contribution < 1.29 is 4.79 Å². The molecule has 2 rings (SSSR count). The van der Waals surface area contributed by atoms with E-state index in [4.69, 9.17) is 0 Å². The van der Waals surface area contributed by atoms with Gasteiger partial charge in [0.1, 0.15) is 0 Å². The molecule has 0 fully saturated rings. The summed E-state index contributed by atoms with van der Waals surface area (Å²) in [5, 5.41) is 2.98. The highest BCUT2D eigenvalue weighted by Crippen LogP contribution is 2.30. The smallest absolute Gasteiger partial charge is 0.225 e. The highest BCUT2D eigenvalue weighted by atomic mass is 79.9. The molecule has 0 atom stereocenters. The molecule has 1 N–H and O–H groups in total. The molecule has 0 radical (unpaired) electrons. The number of rotatable bonds is 0. The predicted molar refractivity (Wildman–Crippen MR) is 59.0 cm³/mol. The lowest BCUT2D eigenvalue weighted by Crippen LogP contribution is -2.46. The Morgan fingerprint density at radius 3 is 2.86 bits per heavy atom. The Morgan fingerprint density at radius 1 is 1.43 bits per heavy atom. The lowest BCUT2D eigenvalue weighted by molar-refractivity contribution is -0.122. The number of hydrogen-bond donors (Lipinski definition) is 1. The minimum absolute atomic E-state index is 0.102. The quantitative estimate of drug-likeness (QED) is 0.756. The molecule has 1 aliphatic rings. The van der Waals surface area contributed by atoms with E-state index in [-0.39, 0.29) is 11.4 Å². The third-order valence-corrected chi connectivity index (χ3v) is 3.04. The van der Waals surface area contributed by atoms with Crippen molar-refractivity contribution in [3.05, 3.63) is 33.8 Å². The molecule has 1 heterocycles. The maximum atomic E-state index is 11.4. The van der Waals surface area contributed by atoms with Crippen molar-refractivity contribution in [1.29, 1.82) is 0 Å². The summed E-state index contributed by atoms with van der Waals surface area (Å²) in [5.74, 6) is 0.102. The van der Waals surface area contributed by atoms with Gasteiger partial charge in [0, 0.05) is 4.47 Å². The lowest BCUT2D eigenvalue weighted by atomic mass is 9.85. The van der Waals surface area contributed by atoms with Gasteiger partial charge in [0.2, 0.25) is 5.91 Å². The SMILES string of the molecule is CC1(C)NC(=O)Cc2ccc(Br)cc21. The summed E-state index contributed by atoms with van der Waals surface area (Å²) in [4.78, 5) is 11.4. The summed E-state index contributed by atoms with van der Waals surface area (Å²) in [6.07, 6.45) is 0.492. The molecule has 0 aliphatic carbocycles. The number of carbonyl (C=O) groups excluding carboxylic acids is 1. The van der Waals surface area contributed by atoms with Crippen LogP contribution < -0.4 is 5.32 Å². The summed E-state index contributed by atoms with van der Waals surface area (Å²) in [5.41, 5.74) is 2.07. The maximum Gasteiger partial charge on any atom is 0.225 e. The number of fused-ring (bicyclic) bond motifs is 1. The summed E-state index contributed by atoms with van der Waals surface area (Å²) in [7, 11) is 0. The van der Waals surface area contributed by atoms with Crippen molar-refractivity contribution >= 4 is 21.8 Å². The zero-order valence-electron chi connectivity index (χ0n) is 8.23. The number of benzene rings is 1. The molecule has 14 heavy (non-hydrogen) atoms. The van der Waals surface area contributed by atoms with Gasteiger partial charge in [-0.15, -0.1) is 0 Å². The molecule has 0 aromatic heterocycles. The summed E-state index contributed by atoms with van der Waals surface area (Å²) >= 11 is 3.44. The van der Waals surface area contributed by atoms with E-state index in [1.54, 1.807) is 0 Å². The van der Waals surface area contributed by atoms with E-state index in [0.717, 1.165) is 10.0 Å². The molecule has 1 aromatic carbocycles. The largest absolute Gasteiger partial charge is 0.347 e. The van der Waals surface area contributed by atoms with Crippen molar-refractivity contribution in [2.45, 2.75) is 25.8 Å². The van der Waals surface area contributed by atoms with E-state index in [9.17, 15) is 4.79 Å². The van der Waals surface area contributed by atoms with E-state index >= 15 is 0 Å². The first-order valence-corrected chi connectivity index (χ1v) is 5.38. The van der Waals surface area contributed by atoms with Crippen LogP contribution in [-0.2, 0) is 16.8 Å². The van der Waals surface area contributed by atoms with E-state index < -0.39 is 0 Å². The first kappa shape index (κ1) is 9.71. The molecular weight excluding hydrogens is 242 g/mol. The topological polar surface area (TPSA) is 29.1 Å². The first-order chi connectivity index (χ1) is 6.49.